The Morgan fingerprint density at radius 3 is 1.46 bits per heavy atom. The standard InChI is InChI=1S/C46H30/c1-2-11-32-28-33(25-20-29(32)10-1)45-41-16-7-5-14-39(41)44(40-15-6-8-17-42(40)45)31-23-21-30(22-24-31)34-26-27-43-36-13-4-3-12-35(36)38-19-9-18-37(34)46(38)43/h3-28H,1-2H2. The monoisotopic (exact) mass is 582 g/mol. The molecule has 8 aromatic rings. The summed E-state index contributed by atoms with van der Waals surface area (Å²) in [5.41, 5.74) is 13.0. The van der Waals surface area contributed by atoms with E-state index in [-0.39, 0.29) is 0 Å². The van der Waals surface area contributed by atoms with Gasteiger partial charge in [-0.3, -0.25) is 0 Å². The van der Waals surface area contributed by atoms with Crippen molar-refractivity contribution in [3.05, 3.63) is 156 Å². The summed E-state index contributed by atoms with van der Waals surface area (Å²) in [4.78, 5) is 0. The number of hydrogen-bond acceptors (Lipinski definition) is 0. The van der Waals surface area contributed by atoms with E-state index in [9.17, 15) is 0 Å². The van der Waals surface area contributed by atoms with Crippen LogP contribution >= 0.6 is 0 Å². The molecule has 0 aliphatic heterocycles. The zero-order valence-corrected chi connectivity index (χ0v) is 25.4. The Bertz CT molecular complexity index is 2580. The highest BCUT2D eigenvalue weighted by molar-refractivity contribution is 6.22. The van der Waals surface area contributed by atoms with Gasteiger partial charge in [-0.1, -0.05) is 152 Å². The molecule has 0 N–H and O–H groups in total. The van der Waals surface area contributed by atoms with E-state index in [0.29, 0.717) is 0 Å². The van der Waals surface area contributed by atoms with E-state index in [1.807, 2.05) is 0 Å². The fraction of sp³-hybridized carbons (Fsp3) is 0.0435. The molecule has 0 saturated carbocycles. The van der Waals surface area contributed by atoms with Gasteiger partial charge >= 0.3 is 0 Å². The van der Waals surface area contributed by atoms with Crippen LogP contribution in [0.25, 0.3) is 100 Å². The van der Waals surface area contributed by atoms with Crippen molar-refractivity contribution in [2.75, 3.05) is 0 Å². The maximum absolute atomic E-state index is 2.39. The summed E-state index contributed by atoms with van der Waals surface area (Å²) in [6.07, 6.45) is 6.99. The van der Waals surface area contributed by atoms with Crippen molar-refractivity contribution in [1.29, 1.82) is 0 Å². The molecule has 2 aliphatic rings. The third-order valence-electron chi connectivity index (χ3n) is 10.2. The highest BCUT2D eigenvalue weighted by Gasteiger charge is 2.22. The second-order valence-corrected chi connectivity index (χ2v) is 12.7. The number of fused-ring (bicyclic) bond motifs is 6. The molecule has 0 bridgehead atoms. The predicted octanol–water partition coefficient (Wildman–Crippen LogP) is 11.1. The molecule has 0 radical (unpaired) electrons. The van der Waals surface area contributed by atoms with Gasteiger partial charge in [-0.05, 0) is 117 Å². The van der Waals surface area contributed by atoms with Crippen LogP contribution < -0.4 is 10.4 Å². The quantitative estimate of drug-likeness (QED) is 0.182. The van der Waals surface area contributed by atoms with E-state index in [1.165, 1.54) is 98.4 Å². The summed E-state index contributed by atoms with van der Waals surface area (Å²) < 4.78 is 0. The molecule has 0 unspecified atom stereocenters. The van der Waals surface area contributed by atoms with Crippen LogP contribution in [0.4, 0.5) is 0 Å². The summed E-state index contributed by atoms with van der Waals surface area (Å²) in [5.74, 6) is 0. The van der Waals surface area contributed by atoms with Crippen LogP contribution in [0.2, 0.25) is 0 Å². The molecular formula is C46H30. The molecule has 0 heterocycles. The first-order valence-corrected chi connectivity index (χ1v) is 16.3. The van der Waals surface area contributed by atoms with Crippen molar-refractivity contribution in [2.24, 2.45) is 0 Å². The SMILES string of the molecule is C1=c2ccc(-c3c4ccccc4c(-c4ccc(-c5ccc6c7c(cccc57)-c5ccccc5-6)cc4)c4ccccc34)cc2=CCC1. The second kappa shape index (κ2) is 9.89. The molecule has 2 aliphatic carbocycles. The first-order valence-electron chi connectivity index (χ1n) is 16.3. The van der Waals surface area contributed by atoms with Gasteiger partial charge in [-0.2, -0.15) is 0 Å². The van der Waals surface area contributed by atoms with Crippen LogP contribution in [0.15, 0.2) is 146 Å². The molecule has 0 aromatic heterocycles. The average Bonchev–Trinajstić information content (AvgIpc) is 3.45. The van der Waals surface area contributed by atoms with Crippen LogP contribution in [0.1, 0.15) is 12.8 Å². The van der Waals surface area contributed by atoms with E-state index in [1.54, 1.807) is 0 Å². The molecule has 8 aromatic carbocycles. The zero-order valence-electron chi connectivity index (χ0n) is 25.4. The molecule has 0 amide bonds. The third kappa shape index (κ3) is 3.68. The Kier molecular flexibility index (Phi) is 5.50. The van der Waals surface area contributed by atoms with Crippen LogP contribution in [-0.2, 0) is 0 Å². The topological polar surface area (TPSA) is 0 Å². The molecule has 0 heteroatoms. The van der Waals surface area contributed by atoms with Gasteiger partial charge < -0.3 is 0 Å². The minimum atomic E-state index is 1.11. The molecule has 0 nitrogen and oxygen atoms in total. The maximum Gasteiger partial charge on any atom is -0.00201 e. The summed E-state index contributed by atoms with van der Waals surface area (Å²) in [6, 6.07) is 54.4. The van der Waals surface area contributed by atoms with Crippen molar-refractivity contribution < 1.29 is 0 Å². The van der Waals surface area contributed by atoms with Crippen LogP contribution in [0.5, 0.6) is 0 Å². The highest BCUT2D eigenvalue weighted by Crippen LogP contribution is 2.49. The Labute approximate surface area is 268 Å². The Morgan fingerprint density at radius 1 is 0.304 bits per heavy atom. The fourth-order valence-electron chi connectivity index (χ4n) is 8.20. The average molecular weight is 583 g/mol. The van der Waals surface area contributed by atoms with Crippen LogP contribution in [-0.4, -0.2) is 0 Å². The van der Waals surface area contributed by atoms with Gasteiger partial charge in [-0.25, -0.2) is 0 Å². The normalized spacial score (nSPS) is 13.0. The Balaban J connectivity index is 1.16. The molecule has 46 heavy (non-hydrogen) atoms. The van der Waals surface area contributed by atoms with Crippen molar-refractivity contribution in [2.45, 2.75) is 12.8 Å². The lowest BCUT2D eigenvalue weighted by Crippen LogP contribution is -2.26. The fourth-order valence-corrected chi connectivity index (χ4v) is 8.20. The summed E-state index contributed by atoms with van der Waals surface area (Å²) in [5, 5.41) is 10.6. The van der Waals surface area contributed by atoms with Gasteiger partial charge in [0.05, 0.1) is 0 Å². The molecule has 0 atom stereocenters. The Morgan fingerprint density at radius 2 is 0.783 bits per heavy atom. The number of rotatable bonds is 3. The van der Waals surface area contributed by atoms with Crippen molar-refractivity contribution in [1.82, 2.24) is 0 Å². The third-order valence-corrected chi connectivity index (χ3v) is 10.2. The van der Waals surface area contributed by atoms with E-state index >= 15 is 0 Å². The van der Waals surface area contributed by atoms with Gasteiger partial charge in [0.25, 0.3) is 0 Å². The first kappa shape index (κ1) is 25.6. The van der Waals surface area contributed by atoms with E-state index in [2.05, 4.69) is 158 Å². The summed E-state index contributed by atoms with van der Waals surface area (Å²) >= 11 is 0. The van der Waals surface area contributed by atoms with Gasteiger partial charge in [-0.15, -0.1) is 0 Å². The number of hydrogen-bond donors (Lipinski definition) is 0. The van der Waals surface area contributed by atoms with Crippen molar-refractivity contribution in [3.63, 3.8) is 0 Å². The van der Waals surface area contributed by atoms with Crippen LogP contribution in [0, 0.1) is 0 Å². The van der Waals surface area contributed by atoms with Gasteiger partial charge in [0.15, 0.2) is 0 Å². The van der Waals surface area contributed by atoms with Crippen LogP contribution in [0.3, 0.4) is 0 Å². The van der Waals surface area contributed by atoms with E-state index in [0.717, 1.165) is 12.8 Å². The lowest BCUT2D eigenvalue weighted by Gasteiger charge is -2.18. The highest BCUT2D eigenvalue weighted by atomic mass is 14.3. The van der Waals surface area contributed by atoms with Gasteiger partial charge in [0, 0.05) is 0 Å². The summed E-state index contributed by atoms with van der Waals surface area (Å²) in [6.45, 7) is 0. The first-order chi connectivity index (χ1) is 22.8. The molecule has 10 rings (SSSR count). The zero-order chi connectivity index (χ0) is 30.2. The lowest BCUT2D eigenvalue weighted by atomic mass is 9.85. The smallest absolute Gasteiger partial charge is 0.00201 e. The Hall–Kier alpha value is -5.72. The second-order valence-electron chi connectivity index (χ2n) is 12.7. The molecule has 0 saturated heterocycles. The predicted molar refractivity (Wildman–Crippen MR) is 197 cm³/mol. The van der Waals surface area contributed by atoms with Crippen molar-refractivity contribution in [3.8, 4) is 55.6 Å². The molecule has 0 spiro atoms. The van der Waals surface area contributed by atoms with Crippen molar-refractivity contribution >= 4 is 44.5 Å². The van der Waals surface area contributed by atoms with E-state index < -0.39 is 0 Å². The molecule has 214 valence electrons. The van der Waals surface area contributed by atoms with Gasteiger partial charge in [0.2, 0.25) is 0 Å². The minimum absolute atomic E-state index is 1.11. The van der Waals surface area contributed by atoms with E-state index in [4.69, 9.17) is 0 Å². The molecule has 0 fully saturated rings. The minimum Gasteiger partial charge on any atom is -0.0764 e. The maximum atomic E-state index is 2.39. The largest absolute Gasteiger partial charge is 0.0764 e. The molecular weight excluding hydrogens is 553 g/mol. The summed E-state index contributed by atoms with van der Waals surface area (Å²) in [7, 11) is 0. The van der Waals surface area contributed by atoms with Gasteiger partial charge in [0.1, 0.15) is 0 Å². The lowest BCUT2D eigenvalue weighted by molar-refractivity contribution is 1.12. The number of benzene rings is 8.